The van der Waals surface area contributed by atoms with Gasteiger partial charge in [-0.3, -0.25) is 4.98 Å². The van der Waals surface area contributed by atoms with Gasteiger partial charge < -0.3 is 14.5 Å². The predicted molar refractivity (Wildman–Crippen MR) is 69.7 cm³/mol. The maximum absolute atomic E-state index is 5.81. The Morgan fingerprint density at radius 1 is 1.39 bits per heavy atom. The van der Waals surface area contributed by atoms with Gasteiger partial charge in [0.1, 0.15) is 18.1 Å². The van der Waals surface area contributed by atoms with Gasteiger partial charge in [0.2, 0.25) is 0 Å². The van der Waals surface area contributed by atoms with Crippen molar-refractivity contribution in [1.82, 2.24) is 10.3 Å². The third-order valence-corrected chi connectivity index (χ3v) is 2.55. The molecular formula is C13H15ClN2O2. The van der Waals surface area contributed by atoms with E-state index in [2.05, 4.69) is 17.2 Å². The maximum atomic E-state index is 5.81. The molecule has 0 atom stereocenters. The minimum Gasteiger partial charge on any atom is -0.484 e. The first-order chi connectivity index (χ1) is 8.78. The molecule has 0 spiro atoms. The number of hydrogen-bond acceptors (Lipinski definition) is 4. The number of nitrogens with zero attached hydrogens (tertiary/aromatic N) is 1. The van der Waals surface area contributed by atoms with Gasteiger partial charge in [-0.2, -0.15) is 0 Å². The third kappa shape index (κ3) is 3.75. The molecule has 96 valence electrons. The fourth-order valence-corrected chi connectivity index (χ4v) is 1.65. The Hall–Kier alpha value is -1.52. The highest BCUT2D eigenvalue weighted by atomic mass is 35.5. The molecule has 0 fully saturated rings. The highest BCUT2D eigenvalue weighted by Gasteiger charge is 2.03. The molecule has 0 aliphatic heterocycles. The van der Waals surface area contributed by atoms with Gasteiger partial charge in [-0.25, -0.2) is 0 Å². The van der Waals surface area contributed by atoms with Crippen molar-refractivity contribution >= 4 is 11.6 Å². The van der Waals surface area contributed by atoms with Crippen LogP contribution >= 0.6 is 11.6 Å². The molecule has 0 radical (unpaired) electrons. The summed E-state index contributed by atoms with van der Waals surface area (Å²) in [6.45, 7) is 4.17. The van der Waals surface area contributed by atoms with E-state index in [0.29, 0.717) is 17.4 Å². The smallest absolute Gasteiger partial charge is 0.146 e. The lowest BCUT2D eigenvalue weighted by Gasteiger charge is -2.03. The van der Waals surface area contributed by atoms with E-state index in [0.717, 1.165) is 24.4 Å². The zero-order valence-corrected chi connectivity index (χ0v) is 10.9. The van der Waals surface area contributed by atoms with Gasteiger partial charge in [0.15, 0.2) is 0 Å². The monoisotopic (exact) mass is 266 g/mol. The summed E-state index contributed by atoms with van der Waals surface area (Å²) >= 11 is 5.81. The molecule has 0 unspecified atom stereocenters. The summed E-state index contributed by atoms with van der Waals surface area (Å²) in [6.07, 6.45) is 4.92. The average Bonchev–Trinajstić information content (AvgIpc) is 2.82. The van der Waals surface area contributed by atoms with Crippen LogP contribution in [0.25, 0.3) is 0 Å². The molecule has 1 N–H and O–H groups in total. The lowest BCUT2D eigenvalue weighted by molar-refractivity contribution is 0.269. The topological polar surface area (TPSA) is 47.3 Å². The van der Waals surface area contributed by atoms with Crippen LogP contribution in [0.15, 0.2) is 35.2 Å². The summed E-state index contributed by atoms with van der Waals surface area (Å²) in [5.41, 5.74) is 1.11. The van der Waals surface area contributed by atoms with Crippen LogP contribution in [0.1, 0.15) is 18.2 Å². The Kier molecular flexibility index (Phi) is 4.61. The largest absolute Gasteiger partial charge is 0.484 e. The van der Waals surface area contributed by atoms with E-state index in [9.17, 15) is 0 Å². The van der Waals surface area contributed by atoms with E-state index in [-0.39, 0.29) is 0 Å². The molecule has 5 heteroatoms. The van der Waals surface area contributed by atoms with Crippen molar-refractivity contribution in [2.45, 2.75) is 20.1 Å². The molecule has 2 aromatic rings. The summed E-state index contributed by atoms with van der Waals surface area (Å²) in [5.74, 6) is 1.41. The summed E-state index contributed by atoms with van der Waals surface area (Å²) < 4.78 is 10.9. The first-order valence-electron chi connectivity index (χ1n) is 5.78. The standard InChI is InChI=1S/C13H15ClN2O2/c1-2-15-5-10-3-13(17-8-10)9-18-12-4-11(14)6-16-7-12/h3-4,6-8,15H,2,5,9H2,1H3. The quantitative estimate of drug-likeness (QED) is 0.873. The number of halogens is 1. The highest BCUT2D eigenvalue weighted by molar-refractivity contribution is 6.30. The van der Waals surface area contributed by atoms with Gasteiger partial charge in [-0.05, 0) is 12.6 Å². The normalized spacial score (nSPS) is 10.6. The minimum absolute atomic E-state index is 0.369. The SMILES string of the molecule is CCNCc1coc(COc2cncc(Cl)c2)c1. The van der Waals surface area contributed by atoms with Crippen molar-refractivity contribution < 1.29 is 9.15 Å². The zero-order chi connectivity index (χ0) is 12.8. The molecule has 0 amide bonds. The lowest BCUT2D eigenvalue weighted by atomic mass is 10.3. The van der Waals surface area contributed by atoms with Crippen molar-refractivity contribution in [3.8, 4) is 5.75 Å². The first-order valence-corrected chi connectivity index (χ1v) is 6.16. The van der Waals surface area contributed by atoms with E-state index in [1.165, 1.54) is 0 Å². The third-order valence-electron chi connectivity index (χ3n) is 2.35. The van der Waals surface area contributed by atoms with Crippen molar-refractivity contribution in [2.75, 3.05) is 6.54 Å². The molecule has 0 aliphatic carbocycles. The van der Waals surface area contributed by atoms with E-state index in [4.69, 9.17) is 20.8 Å². The van der Waals surface area contributed by atoms with Gasteiger partial charge in [0.05, 0.1) is 17.5 Å². The fourth-order valence-electron chi connectivity index (χ4n) is 1.49. The molecule has 0 aliphatic rings. The average molecular weight is 267 g/mol. The molecule has 2 rings (SSSR count). The summed E-state index contributed by atoms with van der Waals surface area (Å²) in [7, 11) is 0. The van der Waals surface area contributed by atoms with Crippen LogP contribution in [0.4, 0.5) is 0 Å². The second-order valence-corrected chi connectivity index (χ2v) is 4.27. The summed E-state index contributed by atoms with van der Waals surface area (Å²) in [5, 5.41) is 3.79. The van der Waals surface area contributed by atoms with E-state index in [1.807, 2.05) is 6.07 Å². The Balaban J connectivity index is 1.88. The van der Waals surface area contributed by atoms with Gasteiger partial charge in [-0.15, -0.1) is 0 Å². The number of pyridine rings is 1. The molecule has 2 heterocycles. The van der Waals surface area contributed by atoms with Crippen molar-refractivity contribution in [3.05, 3.63) is 47.1 Å². The Morgan fingerprint density at radius 2 is 2.28 bits per heavy atom. The highest BCUT2D eigenvalue weighted by Crippen LogP contribution is 2.17. The van der Waals surface area contributed by atoms with Gasteiger partial charge in [-0.1, -0.05) is 18.5 Å². The Bertz CT molecular complexity index is 499. The Morgan fingerprint density at radius 3 is 3.06 bits per heavy atom. The van der Waals surface area contributed by atoms with Crippen LogP contribution in [0.2, 0.25) is 5.02 Å². The number of nitrogens with one attached hydrogen (secondary N) is 1. The number of ether oxygens (including phenoxy) is 1. The number of hydrogen-bond donors (Lipinski definition) is 1. The number of aromatic nitrogens is 1. The van der Waals surface area contributed by atoms with Gasteiger partial charge >= 0.3 is 0 Å². The second kappa shape index (κ2) is 6.42. The van der Waals surface area contributed by atoms with Crippen LogP contribution in [-0.4, -0.2) is 11.5 Å². The molecular weight excluding hydrogens is 252 g/mol. The van der Waals surface area contributed by atoms with Gasteiger partial charge in [0.25, 0.3) is 0 Å². The predicted octanol–water partition coefficient (Wildman–Crippen LogP) is 3.02. The van der Waals surface area contributed by atoms with Crippen molar-refractivity contribution in [1.29, 1.82) is 0 Å². The first kappa shape index (κ1) is 12.9. The molecule has 2 aromatic heterocycles. The van der Waals surface area contributed by atoms with E-state index >= 15 is 0 Å². The number of rotatable bonds is 6. The zero-order valence-electron chi connectivity index (χ0n) is 10.1. The summed E-state index contributed by atoms with van der Waals surface area (Å²) in [6, 6.07) is 3.69. The van der Waals surface area contributed by atoms with E-state index in [1.54, 1.807) is 24.7 Å². The minimum atomic E-state index is 0.369. The molecule has 18 heavy (non-hydrogen) atoms. The van der Waals surface area contributed by atoms with Crippen LogP contribution in [0.3, 0.4) is 0 Å². The maximum Gasteiger partial charge on any atom is 0.146 e. The number of furan rings is 1. The Labute approximate surface area is 111 Å². The molecule has 0 bridgehead atoms. The van der Waals surface area contributed by atoms with Crippen LogP contribution in [0.5, 0.6) is 5.75 Å². The van der Waals surface area contributed by atoms with E-state index < -0.39 is 0 Å². The molecule has 0 saturated carbocycles. The van der Waals surface area contributed by atoms with Gasteiger partial charge in [0, 0.05) is 24.4 Å². The van der Waals surface area contributed by atoms with Crippen LogP contribution in [-0.2, 0) is 13.2 Å². The second-order valence-electron chi connectivity index (χ2n) is 3.83. The lowest BCUT2D eigenvalue weighted by Crippen LogP contribution is -2.10. The fraction of sp³-hybridized carbons (Fsp3) is 0.308. The van der Waals surface area contributed by atoms with Crippen molar-refractivity contribution in [3.63, 3.8) is 0 Å². The molecule has 0 saturated heterocycles. The molecule has 0 aromatic carbocycles. The van der Waals surface area contributed by atoms with Crippen molar-refractivity contribution in [2.24, 2.45) is 0 Å². The molecule has 4 nitrogen and oxygen atoms in total. The summed E-state index contributed by atoms with van der Waals surface area (Å²) in [4.78, 5) is 3.94. The van der Waals surface area contributed by atoms with Crippen LogP contribution < -0.4 is 10.1 Å². The van der Waals surface area contributed by atoms with Crippen LogP contribution in [0, 0.1) is 0 Å².